The van der Waals surface area contributed by atoms with Gasteiger partial charge < -0.3 is 20.3 Å². The molecular formula is C14H20ClN3O2S. The number of hydrogen-bond donors (Lipinski definition) is 2. The van der Waals surface area contributed by atoms with Gasteiger partial charge in [-0.15, -0.1) is 0 Å². The number of methoxy groups -OCH3 is 1. The Morgan fingerprint density at radius 1 is 1.43 bits per heavy atom. The Balaban J connectivity index is 1.93. The largest absolute Gasteiger partial charge is 0.383 e. The highest BCUT2D eigenvalue weighted by Gasteiger charge is 2.14. The standard InChI is InChI=1S/C14H20ClN3O2S/c1-20-7-4-16-14(19)17-11-2-3-13(12(15)10-11)18-5-8-21-9-6-18/h2-3,10H,4-9H2,1H3,(H2,16,17,19). The van der Waals surface area contributed by atoms with Gasteiger partial charge in [-0.05, 0) is 18.2 Å². The second-order valence-corrected chi connectivity index (χ2v) is 6.27. The van der Waals surface area contributed by atoms with Gasteiger partial charge in [-0.3, -0.25) is 0 Å². The van der Waals surface area contributed by atoms with Crippen molar-refractivity contribution in [3.63, 3.8) is 0 Å². The number of benzene rings is 1. The molecule has 5 nitrogen and oxygen atoms in total. The molecule has 1 heterocycles. The van der Waals surface area contributed by atoms with Crippen LogP contribution in [0.5, 0.6) is 0 Å². The van der Waals surface area contributed by atoms with Crippen LogP contribution < -0.4 is 15.5 Å². The number of ether oxygens (including phenoxy) is 1. The summed E-state index contributed by atoms with van der Waals surface area (Å²) in [6.07, 6.45) is 0. The van der Waals surface area contributed by atoms with Crippen LogP contribution in [0.15, 0.2) is 18.2 Å². The molecule has 2 N–H and O–H groups in total. The van der Waals surface area contributed by atoms with Crippen molar-refractivity contribution in [3.8, 4) is 0 Å². The number of hydrogen-bond acceptors (Lipinski definition) is 4. The van der Waals surface area contributed by atoms with Gasteiger partial charge in [-0.1, -0.05) is 11.6 Å². The minimum Gasteiger partial charge on any atom is -0.383 e. The first kappa shape index (κ1) is 16.3. The maximum Gasteiger partial charge on any atom is 0.319 e. The molecule has 1 aliphatic heterocycles. The summed E-state index contributed by atoms with van der Waals surface area (Å²) in [7, 11) is 1.59. The normalized spacial score (nSPS) is 14.9. The maximum absolute atomic E-state index is 11.7. The third-order valence-corrected chi connectivity index (χ3v) is 4.39. The van der Waals surface area contributed by atoms with Crippen LogP contribution in [0.3, 0.4) is 0 Å². The number of carbonyl (C=O) groups excluding carboxylic acids is 1. The van der Waals surface area contributed by atoms with Gasteiger partial charge >= 0.3 is 6.03 Å². The van der Waals surface area contributed by atoms with E-state index < -0.39 is 0 Å². The molecule has 0 aliphatic carbocycles. The zero-order valence-electron chi connectivity index (χ0n) is 12.0. The van der Waals surface area contributed by atoms with Crippen LogP contribution in [0.4, 0.5) is 16.2 Å². The van der Waals surface area contributed by atoms with Gasteiger partial charge in [0.2, 0.25) is 0 Å². The molecule has 0 atom stereocenters. The molecule has 1 aromatic carbocycles. The first-order chi connectivity index (χ1) is 10.2. The Morgan fingerprint density at radius 3 is 2.86 bits per heavy atom. The number of nitrogens with zero attached hydrogens (tertiary/aromatic N) is 1. The van der Waals surface area contributed by atoms with Crippen molar-refractivity contribution in [1.82, 2.24) is 5.32 Å². The SMILES string of the molecule is COCCNC(=O)Nc1ccc(N2CCSCC2)c(Cl)c1. The highest BCUT2D eigenvalue weighted by molar-refractivity contribution is 7.99. The van der Waals surface area contributed by atoms with E-state index in [-0.39, 0.29) is 6.03 Å². The quantitative estimate of drug-likeness (QED) is 0.815. The van der Waals surface area contributed by atoms with Gasteiger partial charge in [0.1, 0.15) is 0 Å². The van der Waals surface area contributed by atoms with Crippen molar-refractivity contribution in [2.24, 2.45) is 0 Å². The molecule has 1 aromatic rings. The summed E-state index contributed by atoms with van der Waals surface area (Å²) in [6.45, 7) is 2.98. The monoisotopic (exact) mass is 329 g/mol. The van der Waals surface area contributed by atoms with E-state index in [1.807, 2.05) is 23.9 Å². The lowest BCUT2D eigenvalue weighted by Crippen LogP contribution is -2.33. The minimum absolute atomic E-state index is 0.259. The van der Waals surface area contributed by atoms with E-state index in [0.717, 1.165) is 30.3 Å². The van der Waals surface area contributed by atoms with Gasteiger partial charge in [0.05, 0.1) is 17.3 Å². The fourth-order valence-electron chi connectivity index (χ4n) is 2.09. The fourth-order valence-corrected chi connectivity index (χ4v) is 3.29. The van der Waals surface area contributed by atoms with E-state index in [2.05, 4.69) is 15.5 Å². The number of halogens is 1. The van der Waals surface area contributed by atoms with Crippen molar-refractivity contribution in [3.05, 3.63) is 23.2 Å². The molecule has 0 aromatic heterocycles. The minimum atomic E-state index is -0.259. The molecule has 2 amide bonds. The number of nitrogens with one attached hydrogen (secondary N) is 2. The molecule has 0 unspecified atom stereocenters. The fraction of sp³-hybridized carbons (Fsp3) is 0.500. The Morgan fingerprint density at radius 2 is 2.19 bits per heavy atom. The molecule has 116 valence electrons. The van der Waals surface area contributed by atoms with Crippen molar-refractivity contribution >= 4 is 40.8 Å². The molecule has 0 saturated carbocycles. The van der Waals surface area contributed by atoms with Crippen molar-refractivity contribution in [2.45, 2.75) is 0 Å². The lowest BCUT2D eigenvalue weighted by Gasteiger charge is -2.29. The lowest BCUT2D eigenvalue weighted by atomic mass is 10.2. The van der Waals surface area contributed by atoms with Crippen LogP contribution in [0.25, 0.3) is 0 Å². The van der Waals surface area contributed by atoms with Crippen LogP contribution in [0.2, 0.25) is 5.02 Å². The van der Waals surface area contributed by atoms with Gasteiger partial charge in [0.25, 0.3) is 0 Å². The number of thioether (sulfide) groups is 1. The number of carbonyl (C=O) groups is 1. The molecule has 1 fully saturated rings. The molecule has 21 heavy (non-hydrogen) atoms. The van der Waals surface area contributed by atoms with Crippen molar-refractivity contribution in [2.75, 3.05) is 55.1 Å². The summed E-state index contributed by atoms with van der Waals surface area (Å²) in [4.78, 5) is 13.9. The molecule has 1 saturated heterocycles. The van der Waals surface area contributed by atoms with Gasteiger partial charge in [-0.2, -0.15) is 11.8 Å². The third kappa shape index (κ3) is 4.98. The van der Waals surface area contributed by atoms with E-state index in [4.69, 9.17) is 16.3 Å². The van der Waals surface area contributed by atoms with Crippen LogP contribution in [0.1, 0.15) is 0 Å². The Kier molecular flexibility index (Phi) is 6.48. The maximum atomic E-state index is 11.7. The Bertz CT molecular complexity index is 481. The highest BCUT2D eigenvalue weighted by Crippen LogP contribution is 2.30. The first-order valence-electron chi connectivity index (χ1n) is 6.87. The number of anilines is 2. The van der Waals surface area contributed by atoms with Crippen LogP contribution in [-0.4, -0.2) is 50.9 Å². The summed E-state index contributed by atoms with van der Waals surface area (Å²) in [5, 5.41) is 6.12. The Hall–Kier alpha value is -1.11. The van der Waals surface area contributed by atoms with E-state index in [9.17, 15) is 4.79 Å². The highest BCUT2D eigenvalue weighted by atomic mass is 35.5. The zero-order valence-corrected chi connectivity index (χ0v) is 13.6. The second-order valence-electron chi connectivity index (χ2n) is 4.64. The molecule has 2 rings (SSSR count). The van der Waals surface area contributed by atoms with E-state index in [1.165, 1.54) is 0 Å². The van der Waals surface area contributed by atoms with Crippen molar-refractivity contribution < 1.29 is 9.53 Å². The summed E-state index contributed by atoms with van der Waals surface area (Å²) in [6, 6.07) is 5.36. The summed E-state index contributed by atoms with van der Waals surface area (Å²) in [5.41, 5.74) is 1.72. The zero-order chi connectivity index (χ0) is 15.1. The van der Waals surface area contributed by atoms with Gasteiger partial charge in [0.15, 0.2) is 0 Å². The van der Waals surface area contributed by atoms with E-state index in [0.29, 0.717) is 23.9 Å². The molecular weight excluding hydrogens is 310 g/mol. The molecule has 0 bridgehead atoms. The number of rotatable bonds is 5. The van der Waals surface area contributed by atoms with E-state index in [1.54, 1.807) is 13.2 Å². The topological polar surface area (TPSA) is 53.6 Å². The van der Waals surface area contributed by atoms with Crippen LogP contribution in [-0.2, 0) is 4.74 Å². The van der Waals surface area contributed by atoms with Gasteiger partial charge in [0, 0.05) is 43.9 Å². The first-order valence-corrected chi connectivity index (χ1v) is 8.40. The summed E-state index contributed by atoms with van der Waals surface area (Å²) >= 11 is 8.29. The van der Waals surface area contributed by atoms with Crippen LogP contribution >= 0.6 is 23.4 Å². The molecule has 1 aliphatic rings. The van der Waals surface area contributed by atoms with E-state index >= 15 is 0 Å². The average Bonchev–Trinajstić information content (AvgIpc) is 2.48. The average molecular weight is 330 g/mol. The van der Waals surface area contributed by atoms with Crippen molar-refractivity contribution in [1.29, 1.82) is 0 Å². The molecule has 7 heteroatoms. The summed E-state index contributed by atoms with van der Waals surface area (Å²) < 4.78 is 4.87. The Labute approximate surface area is 134 Å². The third-order valence-electron chi connectivity index (χ3n) is 3.15. The number of amides is 2. The van der Waals surface area contributed by atoms with Crippen LogP contribution in [0, 0.1) is 0 Å². The lowest BCUT2D eigenvalue weighted by molar-refractivity contribution is 0.198. The summed E-state index contributed by atoms with van der Waals surface area (Å²) in [5.74, 6) is 2.25. The second kappa shape index (κ2) is 8.36. The predicted molar refractivity (Wildman–Crippen MR) is 89.9 cm³/mol. The number of urea groups is 1. The molecule has 0 radical (unpaired) electrons. The van der Waals surface area contributed by atoms with Gasteiger partial charge in [-0.25, -0.2) is 4.79 Å². The smallest absolute Gasteiger partial charge is 0.319 e. The molecule has 0 spiro atoms. The predicted octanol–water partition coefficient (Wildman–Crippen LogP) is 2.66.